The summed E-state index contributed by atoms with van der Waals surface area (Å²) in [7, 11) is 0. The zero-order valence-electron chi connectivity index (χ0n) is 35.5. The van der Waals surface area contributed by atoms with Crippen LogP contribution in [0.1, 0.15) is 149 Å². The van der Waals surface area contributed by atoms with Crippen molar-refractivity contribution < 1.29 is 46.1 Å². The maximum absolute atomic E-state index is 6.62. The number of rotatable bonds is 4. The summed E-state index contributed by atoms with van der Waals surface area (Å²) >= 11 is 36.5. The predicted octanol–water partition coefficient (Wildman–Crippen LogP) is 10.3. The molecule has 6 rings (SSSR count). The Kier molecular flexibility index (Phi) is 15.1. The molecule has 4 aromatic rings. The van der Waals surface area contributed by atoms with E-state index in [-0.39, 0.29) is 50.1 Å². The summed E-state index contributed by atoms with van der Waals surface area (Å²) in [5.41, 5.74) is 14.2. The first-order valence-electron chi connectivity index (χ1n) is 19.4. The molecule has 0 saturated carbocycles. The second kappa shape index (κ2) is 17.5. The number of hydrogen-bond acceptors (Lipinski definition) is 0. The first-order chi connectivity index (χ1) is 25.6. The van der Waals surface area contributed by atoms with Gasteiger partial charge in [-0.15, -0.1) is 0 Å². The molecule has 2 aliphatic rings. The fraction of sp³-hybridized carbons (Fsp3) is 0.408. The van der Waals surface area contributed by atoms with Crippen molar-refractivity contribution in [3.05, 3.63) is 150 Å². The summed E-state index contributed by atoms with van der Waals surface area (Å²) in [5, 5.41) is 0. The van der Waals surface area contributed by atoms with Crippen LogP contribution in [0.2, 0.25) is 0 Å². The average Bonchev–Trinajstić information content (AvgIpc) is 3.70. The van der Waals surface area contributed by atoms with Crippen molar-refractivity contribution in [2.45, 2.75) is 122 Å². The minimum absolute atomic E-state index is 0. The van der Waals surface area contributed by atoms with E-state index in [9.17, 15) is 0 Å². The molecule has 0 N–H and O–H groups in total. The van der Waals surface area contributed by atoms with E-state index in [1.54, 1.807) is 0 Å². The monoisotopic (exact) mass is 1010 g/mol. The molecule has 0 bridgehead atoms. The van der Waals surface area contributed by atoms with Crippen molar-refractivity contribution in [1.82, 2.24) is 0 Å². The Morgan fingerprint density at radius 1 is 0.517 bits per heavy atom. The van der Waals surface area contributed by atoms with Gasteiger partial charge in [0.2, 0.25) is 0 Å². The van der Waals surface area contributed by atoms with E-state index in [1.807, 2.05) is 24.3 Å². The van der Waals surface area contributed by atoms with Crippen LogP contribution in [0.4, 0.5) is 0 Å². The second-order valence-corrected chi connectivity index (χ2v) is 30.5. The van der Waals surface area contributed by atoms with Crippen LogP contribution in [0.5, 0.6) is 0 Å². The molecule has 0 heterocycles. The molecule has 0 saturated heterocycles. The Morgan fingerprint density at radius 3 is 1.19 bits per heavy atom. The number of fused-ring (bicyclic) bond motifs is 3. The van der Waals surface area contributed by atoms with Gasteiger partial charge in [0.15, 0.2) is 0 Å². The van der Waals surface area contributed by atoms with Crippen LogP contribution < -0.4 is 24.8 Å². The smallest absolute Gasteiger partial charge is 1.00 e. The molecule has 310 valence electrons. The SMILES string of the molecule is CC(C)(C)c1cc2c(cc1C(C)(C)C)[CH]([Zr+2]([C]1=CC=CC1)=[C](c1cccc(C(Cl)(Cl)Cl)c1)c1cccc(C(Cl)(Cl)Cl)c1)c1cc(C(C)(C)C)c(C(C)(C)C)cc1-2.[Cl-].[Cl-]. The molecule has 0 amide bonds. The quantitative estimate of drug-likeness (QED) is 0.179. The van der Waals surface area contributed by atoms with Crippen molar-refractivity contribution in [3.8, 4) is 11.1 Å². The third kappa shape index (κ3) is 10.3. The van der Waals surface area contributed by atoms with E-state index in [4.69, 9.17) is 69.6 Å². The van der Waals surface area contributed by atoms with Crippen LogP contribution in [0.25, 0.3) is 11.1 Å². The van der Waals surface area contributed by atoms with Crippen LogP contribution in [0.15, 0.2) is 94.3 Å². The molecule has 0 aliphatic heterocycles. The molecule has 0 fully saturated rings. The van der Waals surface area contributed by atoms with E-state index >= 15 is 0 Å². The molecule has 0 unspecified atom stereocenters. The summed E-state index contributed by atoms with van der Waals surface area (Å²) in [5.74, 6) is 0. The third-order valence-corrected chi connectivity index (χ3v) is 20.8. The molecule has 58 heavy (non-hydrogen) atoms. The van der Waals surface area contributed by atoms with Crippen molar-refractivity contribution in [1.29, 1.82) is 0 Å². The van der Waals surface area contributed by atoms with Crippen LogP contribution >= 0.6 is 69.6 Å². The zero-order chi connectivity index (χ0) is 41.6. The van der Waals surface area contributed by atoms with E-state index in [0.29, 0.717) is 11.1 Å². The summed E-state index contributed by atoms with van der Waals surface area (Å²) in [6.07, 6.45) is 7.80. The summed E-state index contributed by atoms with van der Waals surface area (Å²) in [6.45, 7) is 28.2. The van der Waals surface area contributed by atoms with Gasteiger partial charge in [-0.3, -0.25) is 0 Å². The van der Waals surface area contributed by atoms with E-state index in [1.165, 1.54) is 51.0 Å². The van der Waals surface area contributed by atoms with Gasteiger partial charge in [0, 0.05) is 0 Å². The van der Waals surface area contributed by atoms with E-state index < -0.39 is 28.9 Å². The molecular formula is C49H54Cl8Zr. The minimum Gasteiger partial charge on any atom is -1.00 e. The first kappa shape index (κ1) is 50.1. The predicted molar refractivity (Wildman–Crippen MR) is 245 cm³/mol. The largest absolute Gasteiger partial charge is 1.00 e. The number of allylic oxidation sites excluding steroid dienone is 4. The standard InChI is InChI=1S/C29H41.C15H8Cl6.C5H5.2ClH.Zr/c1-26(2,3)22-14-18-13-19-15-23(27(4,5)6)25(29(10,11)12)17-21(19)20(18)16-24(22)28(7,8)9;16-14(17,18)12-5-1-3-10(8-12)7-11-4-2-6-13(9-11)15(19,20)21;1-2-4-5-3-1;;;/h13-17H,1-12H3;1-6,8-9H;1-3H,4H2;2*1H;/q;;;;;+2/p-2. The van der Waals surface area contributed by atoms with Crippen molar-refractivity contribution in [2.24, 2.45) is 0 Å². The molecule has 0 atom stereocenters. The zero-order valence-corrected chi connectivity index (χ0v) is 44.0. The van der Waals surface area contributed by atoms with Crippen molar-refractivity contribution in [3.63, 3.8) is 0 Å². The Hall–Kier alpha value is -0.567. The minimum atomic E-state index is -3.25. The van der Waals surface area contributed by atoms with Gasteiger partial charge in [-0.05, 0) is 0 Å². The topological polar surface area (TPSA) is 0 Å². The summed E-state index contributed by atoms with van der Waals surface area (Å²) < 4.78 is -0.268. The molecule has 0 nitrogen and oxygen atoms in total. The normalized spacial score (nSPS) is 14.5. The van der Waals surface area contributed by atoms with E-state index in [2.05, 4.69) is 150 Å². The maximum Gasteiger partial charge on any atom is -1.00 e. The van der Waals surface area contributed by atoms with Gasteiger partial charge in [0.1, 0.15) is 0 Å². The third-order valence-electron chi connectivity index (χ3n) is 11.2. The van der Waals surface area contributed by atoms with Crippen molar-refractivity contribution >= 4 is 72.8 Å². The number of benzene rings is 4. The molecule has 0 aromatic heterocycles. The Labute approximate surface area is 398 Å². The number of alkyl halides is 6. The van der Waals surface area contributed by atoms with Gasteiger partial charge in [-0.1, -0.05) is 0 Å². The fourth-order valence-electron chi connectivity index (χ4n) is 8.45. The van der Waals surface area contributed by atoms with Crippen molar-refractivity contribution in [2.75, 3.05) is 0 Å². The van der Waals surface area contributed by atoms with Gasteiger partial charge >= 0.3 is 378 Å². The summed E-state index contributed by atoms with van der Waals surface area (Å²) in [4.78, 5) is 0. The van der Waals surface area contributed by atoms with Gasteiger partial charge in [0.05, 0.1) is 0 Å². The summed E-state index contributed by atoms with van der Waals surface area (Å²) in [6, 6.07) is 26.5. The fourth-order valence-corrected chi connectivity index (χ4v) is 18.1. The number of hydrogen-bond donors (Lipinski definition) is 0. The van der Waals surface area contributed by atoms with Crippen LogP contribution in [0, 0.1) is 0 Å². The number of halogens is 8. The first-order valence-corrected chi connectivity index (χ1v) is 25.6. The Balaban J connectivity index is 0.00000372. The molecule has 4 aromatic carbocycles. The molecule has 2 aliphatic carbocycles. The van der Waals surface area contributed by atoms with Crippen LogP contribution in [-0.2, 0) is 50.5 Å². The Bertz CT molecular complexity index is 2150. The second-order valence-electron chi connectivity index (χ2n) is 19.7. The maximum atomic E-state index is 6.62. The molecule has 0 radical (unpaired) electrons. The van der Waals surface area contributed by atoms with Gasteiger partial charge in [-0.25, -0.2) is 0 Å². The van der Waals surface area contributed by atoms with Gasteiger partial charge < -0.3 is 24.8 Å². The van der Waals surface area contributed by atoms with Gasteiger partial charge in [0.25, 0.3) is 0 Å². The van der Waals surface area contributed by atoms with Crippen LogP contribution in [-0.4, -0.2) is 3.21 Å². The van der Waals surface area contributed by atoms with E-state index in [0.717, 1.165) is 17.5 Å². The average molecular weight is 1020 g/mol. The molecule has 9 heteroatoms. The Morgan fingerprint density at radius 2 is 0.879 bits per heavy atom. The molecular weight excluding hydrogens is 963 g/mol. The van der Waals surface area contributed by atoms with Crippen LogP contribution in [0.3, 0.4) is 0 Å². The van der Waals surface area contributed by atoms with Gasteiger partial charge in [-0.2, -0.15) is 0 Å². The molecule has 0 spiro atoms.